The van der Waals surface area contributed by atoms with Gasteiger partial charge in [0.05, 0.1) is 17.2 Å². The predicted molar refractivity (Wildman–Crippen MR) is 76.3 cm³/mol. The molecule has 0 aliphatic heterocycles. The van der Waals surface area contributed by atoms with Gasteiger partial charge in [0.15, 0.2) is 0 Å². The minimum absolute atomic E-state index is 0.0330. The number of halogens is 2. The number of benzene rings is 1. The van der Waals surface area contributed by atoms with Crippen molar-refractivity contribution in [2.24, 2.45) is 5.41 Å². The lowest BCUT2D eigenvalue weighted by Gasteiger charge is -2.18. The Balaban J connectivity index is 1.73. The molecule has 0 atom stereocenters. The van der Waals surface area contributed by atoms with Crippen LogP contribution in [0.1, 0.15) is 31.2 Å². The fraction of sp³-hybridized carbons (Fsp3) is 0.533. The third-order valence-electron chi connectivity index (χ3n) is 4.53. The van der Waals surface area contributed by atoms with Crippen molar-refractivity contribution in [3.05, 3.63) is 35.4 Å². The van der Waals surface area contributed by atoms with Gasteiger partial charge in [-0.05, 0) is 37.8 Å². The molecule has 118 valence electrons. The Bertz CT molecular complexity index is 727. The molecule has 1 aromatic carbocycles. The number of sulfonamides is 1. The van der Waals surface area contributed by atoms with Crippen LogP contribution in [0.5, 0.6) is 0 Å². The Morgan fingerprint density at radius 3 is 2.23 bits per heavy atom. The highest BCUT2D eigenvalue weighted by atomic mass is 32.2. The quantitative estimate of drug-likeness (QED) is 0.871. The Hall–Kier alpha value is -1.52. The molecule has 0 saturated heterocycles. The van der Waals surface area contributed by atoms with E-state index in [1.165, 1.54) is 18.2 Å². The molecule has 3 rings (SSSR count). The summed E-state index contributed by atoms with van der Waals surface area (Å²) in [4.78, 5) is 0. The normalized spacial score (nSPS) is 21.1. The summed E-state index contributed by atoms with van der Waals surface area (Å²) in [5, 5.41) is 8.97. The summed E-state index contributed by atoms with van der Waals surface area (Å²) >= 11 is 0. The zero-order valence-corrected chi connectivity index (χ0v) is 12.7. The van der Waals surface area contributed by atoms with E-state index in [2.05, 4.69) is 4.72 Å². The van der Waals surface area contributed by atoms with E-state index in [1.807, 2.05) is 6.07 Å². The standard InChI is InChI=1S/C15H16F2N2O2S/c16-11-2-1-3-12(17)13(11)15(6-7-15)9-19-22(20,21)10-14(8-18)4-5-14/h1-3,19H,4-7,9-10H2. The van der Waals surface area contributed by atoms with E-state index >= 15 is 0 Å². The molecule has 2 aliphatic rings. The molecule has 0 radical (unpaired) electrons. The highest BCUT2D eigenvalue weighted by Crippen LogP contribution is 2.50. The first-order valence-electron chi connectivity index (χ1n) is 7.15. The molecule has 0 bridgehead atoms. The molecule has 0 aromatic heterocycles. The topological polar surface area (TPSA) is 70.0 Å². The Labute approximate surface area is 128 Å². The van der Waals surface area contributed by atoms with E-state index in [9.17, 15) is 17.2 Å². The first-order chi connectivity index (χ1) is 10.3. The minimum Gasteiger partial charge on any atom is -0.214 e. The number of hydrogen-bond donors (Lipinski definition) is 1. The predicted octanol–water partition coefficient (Wildman–Crippen LogP) is 2.22. The van der Waals surface area contributed by atoms with Crippen molar-refractivity contribution in [2.75, 3.05) is 12.3 Å². The van der Waals surface area contributed by atoms with Gasteiger partial charge in [-0.25, -0.2) is 21.9 Å². The number of rotatable bonds is 6. The maximum Gasteiger partial charge on any atom is 0.213 e. The molecular formula is C15H16F2N2O2S. The van der Waals surface area contributed by atoms with Gasteiger partial charge in [-0.1, -0.05) is 6.07 Å². The smallest absolute Gasteiger partial charge is 0.213 e. The third-order valence-corrected chi connectivity index (χ3v) is 6.05. The molecule has 1 aromatic rings. The lowest BCUT2D eigenvalue weighted by Crippen LogP contribution is -2.36. The Morgan fingerprint density at radius 1 is 1.18 bits per heavy atom. The first-order valence-corrected chi connectivity index (χ1v) is 8.80. The lowest BCUT2D eigenvalue weighted by atomic mass is 9.95. The van der Waals surface area contributed by atoms with Crippen molar-refractivity contribution in [1.82, 2.24) is 4.72 Å². The summed E-state index contributed by atoms with van der Waals surface area (Å²) in [6, 6.07) is 5.69. The number of nitrogens with one attached hydrogen (secondary N) is 1. The second-order valence-corrected chi connectivity index (χ2v) is 8.16. The van der Waals surface area contributed by atoms with Crippen LogP contribution < -0.4 is 4.72 Å². The molecular weight excluding hydrogens is 310 g/mol. The highest BCUT2D eigenvalue weighted by Gasteiger charge is 2.50. The van der Waals surface area contributed by atoms with Crippen molar-refractivity contribution in [3.63, 3.8) is 0 Å². The maximum atomic E-state index is 13.9. The van der Waals surface area contributed by atoms with E-state index < -0.39 is 32.5 Å². The Kier molecular flexibility index (Phi) is 3.49. The van der Waals surface area contributed by atoms with Crippen LogP contribution >= 0.6 is 0 Å². The summed E-state index contributed by atoms with van der Waals surface area (Å²) in [7, 11) is -3.63. The van der Waals surface area contributed by atoms with Crippen molar-refractivity contribution in [1.29, 1.82) is 5.26 Å². The van der Waals surface area contributed by atoms with Crippen LogP contribution in [0.4, 0.5) is 8.78 Å². The van der Waals surface area contributed by atoms with Gasteiger partial charge in [-0.2, -0.15) is 5.26 Å². The molecule has 0 heterocycles. The average Bonchev–Trinajstić information content (AvgIpc) is 3.34. The van der Waals surface area contributed by atoms with E-state index in [4.69, 9.17) is 5.26 Å². The zero-order valence-electron chi connectivity index (χ0n) is 11.9. The number of nitrogens with zero attached hydrogens (tertiary/aromatic N) is 1. The SMILES string of the molecule is N#CC1(CS(=O)(=O)NCC2(c3c(F)cccc3F)CC2)CC1. The summed E-state index contributed by atoms with van der Waals surface area (Å²) in [5.41, 5.74) is -1.61. The molecule has 22 heavy (non-hydrogen) atoms. The minimum atomic E-state index is -3.63. The highest BCUT2D eigenvalue weighted by molar-refractivity contribution is 7.89. The van der Waals surface area contributed by atoms with Crippen molar-refractivity contribution in [2.45, 2.75) is 31.1 Å². The molecule has 2 fully saturated rings. The van der Waals surface area contributed by atoms with Crippen LogP contribution in [-0.4, -0.2) is 20.7 Å². The summed E-state index contributed by atoms with van der Waals surface area (Å²) in [6.45, 7) is -0.0330. The first kappa shape index (κ1) is 15.4. The zero-order chi connectivity index (χ0) is 16.0. The van der Waals surface area contributed by atoms with E-state index in [-0.39, 0.29) is 17.9 Å². The largest absolute Gasteiger partial charge is 0.214 e. The fourth-order valence-corrected chi connectivity index (χ4v) is 4.45. The molecule has 2 saturated carbocycles. The van der Waals surface area contributed by atoms with Crippen LogP contribution in [-0.2, 0) is 15.4 Å². The van der Waals surface area contributed by atoms with Gasteiger partial charge in [-0.3, -0.25) is 0 Å². The van der Waals surface area contributed by atoms with Crippen LogP contribution in [0, 0.1) is 28.4 Å². The second-order valence-electron chi connectivity index (χ2n) is 6.35. The van der Waals surface area contributed by atoms with Gasteiger partial charge in [0.25, 0.3) is 0 Å². The van der Waals surface area contributed by atoms with Gasteiger partial charge in [-0.15, -0.1) is 0 Å². The summed E-state index contributed by atoms with van der Waals surface area (Å²) in [5.74, 6) is -1.54. The maximum absolute atomic E-state index is 13.9. The lowest BCUT2D eigenvalue weighted by molar-refractivity contribution is 0.503. The van der Waals surface area contributed by atoms with Crippen LogP contribution in [0.2, 0.25) is 0 Å². The van der Waals surface area contributed by atoms with Gasteiger partial charge < -0.3 is 0 Å². The van der Waals surface area contributed by atoms with Gasteiger partial charge >= 0.3 is 0 Å². The number of nitriles is 1. The third kappa shape index (κ3) is 2.85. The van der Waals surface area contributed by atoms with Crippen LogP contribution in [0.25, 0.3) is 0 Å². The molecule has 2 aliphatic carbocycles. The van der Waals surface area contributed by atoms with Gasteiger partial charge in [0.1, 0.15) is 11.6 Å². The molecule has 0 spiro atoms. The molecule has 7 heteroatoms. The summed E-state index contributed by atoms with van der Waals surface area (Å²) < 4.78 is 54.3. The molecule has 1 N–H and O–H groups in total. The fourth-order valence-electron chi connectivity index (χ4n) is 2.77. The molecule has 4 nitrogen and oxygen atoms in total. The van der Waals surface area contributed by atoms with E-state index in [0.717, 1.165) is 0 Å². The Morgan fingerprint density at radius 2 is 1.77 bits per heavy atom. The molecule has 0 unspecified atom stereocenters. The average molecular weight is 326 g/mol. The van der Waals surface area contributed by atoms with E-state index in [1.54, 1.807) is 0 Å². The van der Waals surface area contributed by atoms with Crippen LogP contribution in [0.3, 0.4) is 0 Å². The van der Waals surface area contributed by atoms with Gasteiger partial charge in [0.2, 0.25) is 10.0 Å². The van der Waals surface area contributed by atoms with Gasteiger partial charge in [0, 0.05) is 17.5 Å². The van der Waals surface area contributed by atoms with Crippen molar-refractivity contribution >= 4 is 10.0 Å². The van der Waals surface area contributed by atoms with Crippen molar-refractivity contribution in [3.8, 4) is 6.07 Å². The molecule has 0 amide bonds. The summed E-state index contributed by atoms with van der Waals surface area (Å²) in [6.07, 6.45) is 2.24. The second kappa shape index (κ2) is 5.00. The number of hydrogen-bond acceptors (Lipinski definition) is 3. The van der Waals surface area contributed by atoms with Crippen LogP contribution in [0.15, 0.2) is 18.2 Å². The monoisotopic (exact) mass is 326 g/mol. The van der Waals surface area contributed by atoms with E-state index in [0.29, 0.717) is 25.7 Å². The van der Waals surface area contributed by atoms with Crippen molar-refractivity contribution < 1.29 is 17.2 Å².